The van der Waals surface area contributed by atoms with Gasteiger partial charge in [0.2, 0.25) is 0 Å². The molecule has 0 aromatic carbocycles. The maximum Gasteiger partial charge on any atom is 0.135 e. The third-order valence-corrected chi connectivity index (χ3v) is 5.36. The number of fused-ring (bicyclic) bond motifs is 1. The van der Waals surface area contributed by atoms with Gasteiger partial charge < -0.3 is 8.94 Å². The van der Waals surface area contributed by atoms with E-state index in [9.17, 15) is 5.26 Å². The van der Waals surface area contributed by atoms with Crippen LogP contribution in [0.1, 0.15) is 41.1 Å². The van der Waals surface area contributed by atoms with Crippen LogP contribution in [0.4, 0.5) is 0 Å². The Morgan fingerprint density at radius 2 is 2.20 bits per heavy atom. The van der Waals surface area contributed by atoms with Crippen LogP contribution in [-0.2, 0) is 18.6 Å². The molecule has 0 unspecified atom stereocenters. The minimum absolute atomic E-state index is 0.598. The van der Waals surface area contributed by atoms with Crippen LogP contribution in [-0.4, -0.2) is 10.1 Å². The molecule has 0 bridgehead atoms. The van der Waals surface area contributed by atoms with Gasteiger partial charge in [-0.15, -0.1) is 0 Å². The maximum atomic E-state index is 9.82. The van der Waals surface area contributed by atoms with Crippen LogP contribution < -0.4 is 0 Å². The molecule has 6 heteroatoms. The molecular formula is C19H17N3O2S. The average molecular weight is 351 g/mol. The van der Waals surface area contributed by atoms with Crippen molar-refractivity contribution in [2.24, 2.45) is 0 Å². The van der Waals surface area contributed by atoms with Crippen molar-refractivity contribution in [2.75, 3.05) is 0 Å². The molecule has 0 radical (unpaired) electrons. The standard InChI is InChI=1S/C19H17N3O2S/c1-12-9-13(22-24-12)11-25-19-15(10-20)18(17-7-4-8-23-17)14-5-2-3-6-16(14)21-19/h4,7-9H,2-3,5-6,11H2,1H3. The third-order valence-electron chi connectivity index (χ3n) is 4.35. The quantitative estimate of drug-likeness (QED) is 0.635. The zero-order valence-electron chi connectivity index (χ0n) is 13.9. The molecule has 3 aromatic rings. The van der Waals surface area contributed by atoms with E-state index in [0.29, 0.717) is 11.3 Å². The first-order valence-electron chi connectivity index (χ1n) is 8.31. The van der Waals surface area contributed by atoms with Crippen molar-refractivity contribution in [3.05, 3.63) is 52.7 Å². The van der Waals surface area contributed by atoms with Crippen LogP contribution in [0, 0.1) is 18.3 Å². The predicted octanol–water partition coefficient (Wildman–Crippen LogP) is 4.68. The van der Waals surface area contributed by atoms with Crippen LogP contribution in [0.25, 0.3) is 11.3 Å². The van der Waals surface area contributed by atoms with E-state index in [-0.39, 0.29) is 0 Å². The lowest BCUT2D eigenvalue weighted by molar-refractivity contribution is 0.393. The SMILES string of the molecule is Cc1cc(CSc2nc3c(c(-c4ccco4)c2C#N)CCCC3)no1. The maximum absolute atomic E-state index is 9.82. The Labute approximate surface area is 150 Å². The number of nitriles is 1. The summed E-state index contributed by atoms with van der Waals surface area (Å²) in [5.41, 5.74) is 4.62. The molecular weight excluding hydrogens is 334 g/mol. The lowest BCUT2D eigenvalue weighted by Gasteiger charge is -2.20. The molecule has 1 aliphatic rings. The van der Waals surface area contributed by atoms with Gasteiger partial charge in [0.25, 0.3) is 0 Å². The van der Waals surface area contributed by atoms with Crippen molar-refractivity contribution in [1.29, 1.82) is 5.26 Å². The van der Waals surface area contributed by atoms with Gasteiger partial charge in [-0.3, -0.25) is 0 Å². The highest BCUT2D eigenvalue weighted by atomic mass is 32.2. The van der Waals surface area contributed by atoms with E-state index in [1.54, 1.807) is 6.26 Å². The predicted molar refractivity (Wildman–Crippen MR) is 94.1 cm³/mol. The smallest absolute Gasteiger partial charge is 0.135 e. The average Bonchev–Trinajstić information content (AvgIpc) is 3.30. The number of aryl methyl sites for hydroxylation is 2. The largest absolute Gasteiger partial charge is 0.464 e. The molecule has 4 rings (SSSR count). The lowest BCUT2D eigenvalue weighted by Crippen LogP contribution is -2.10. The summed E-state index contributed by atoms with van der Waals surface area (Å²) in [6.45, 7) is 1.87. The van der Waals surface area contributed by atoms with E-state index in [0.717, 1.165) is 59.2 Å². The second-order valence-corrected chi connectivity index (χ2v) is 7.07. The van der Waals surface area contributed by atoms with E-state index in [4.69, 9.17) is 13.9 Å². The lowest BCUT2D eigenvalue weighted by atomic mass is 9.89. The Kier molecular flexibility index (Phi) is 4.33. The van der Waals surface area contributed by atoms with E-state index < -0.39 is 0 Å². The molecule has 126 valence electrons. The van der Waals surface area contributed by atoms with Crippen molar-refractivity contribution in [1.82, 2.24) is 10.1 Å². The van der Waals surface area contributed by atoms with Crippen molar-refractivity contribution < 1.29 is 8.94 Å². The van der Waals surface area contributed by atoms with Gasteiger partial charge in [0.1, 0.15) is 22.6 Å². The van der Waals surface area contributed by atoms with Gasteiger partial charge in [-0.1, -0.05) is 16.9 Å². The van der Waals surface area contributed by atoms with Crippen molar-refractivity contribution >= 4 is 11.8 Å². The van der Waals surface area contributed by atoms with E-state index in [1.807, 2.05) is 25.1 Å². The van der Waals surface area contributed by atoms with Gasteiger partial charge in [-0.2, -0.15) is 5.26 Å². The highest BCUT2D eigenvalue weighted by Crippen LogP contribution is 2.38. The fraction of sp³-hybridized carbons (Fsp3) is 0.316. The van der Waals surface area contributed by atoms with Gasteiger partial charge in [0, 0.05) is 23.1 Å². The molecule has 0 aliphatic heterocycles. The van der Waals surface area contributed by atoms with Crippen molar-refractivity contribution in [3.8, 4) is 17.4 Å². The number of nitrogens with zero attached hydrogens (tertiary/aromatic N) is 3. The first kappa shape index (κ1) is 16.0. The summed E-state index contributed by atoms with van der Waals surface area (Å²) >= 11 is 1.52. The van der Waals surface area contributed by atoms with Crippen molar-refractivity contribution in [3.63, 3.8) is 0 Å². The molecule has 0 amide bonds. The minimum Gasteiger partial charge on any atom is -0.464 e. The summed E-state index contributed by atoms with van der Waals surface area (Å²) in [4.78, 5) is 4.82. The van der Waals surface area contributed by atoms with Gasteiger partial charge >= 0.3 is 0 Å². The van der Waals surface area contributed by atoms with Crippen LogP contribution in [0.2, 0.25) is 0 Å². The van der Waals surface area contributed by atoms with Crippen LogP contribution in [0.3, 0.4) is 0 Å². The Hall–Kier alpha value is -2.52. The van der Waals surface area contributed by atoms with E-state index in [1.165, 1.54) is 17.3 Å². The minimum atomic E-state index is 0.598. The second kappa shape index (κ2) is 6.77. The number of pyridine rings is 1. The third kappa shape index (κ3) is 3.08. The summed E-state index contributed by atoms with van der Waals surface area (Å²) < 4.78 is 10.8. The normalized spacial score (nSPS) is 13.4. The summed E-state index contributed by atoms with van der Waals surface area (Å²) in [7, 11) is 0. The number of furan rings is 1. The van der Waals surface area contributed by atoms with Gasteiger partial charge in [-0.05, 0) is 50.3 Å². The molecule has 3 heterocycles. The molecule has 5 nitrogen and oxygen atoms in total. The number of thioether (sulfide) groups is 1. The van der Waals surface area contributed by atoms with Crippen LogP contribution >= 0.6 is 11.8 Å². The number of rotatable bonds is 4. The molecule has 0 saturated carbocycles. The fourth-order valence-corrected chi connectivity index (χ4v) is 4.13. The Balaban J connectivity index is 1.78. The van der Waals surface area contributed by atoms with Gasteiger partial charge in [-0.25, -0.2) is 4.98 Å². The highest BCUT2D eigenvalue weighted by Gasteiger charge is 2.24. The molecule has 0 saturated heterocycles. The Morgan fingerprint density at radius 1 is 1.32 bits per heavy atom. The number of hydrogen-bond donors (Lipinski definition) is 0. The first-order valence-corrected chi connectivity index (χ1v) is 9.29. The Bertz CT molecular complexity index is 938. The summed E-state index contributed by atoms with van der Waals surface area (Å²) in [6.07, 6.45) is 5.80. The van der Waals surface area contributed by atoms with Crippen LogP contribution in [0.5, 0.6) is 0 Å². The summed E-state index contributed by atoms with van der Waals surface area (Å²) in [5.74, 6) is 2.15. The molecule has 0 spiro atoms. The molecule has 0 N–H and O–H groups in total. The van der Waals surface area contributed by atoms with Gasteiger partial charge in [0.05, 0.1) is 17.5 Å². The molecule has 3 aromatic heterocycles. The monoisotopic (exact) mass is 351 g/mol. The van der Waals surface area contributed by atoms with Gasteiger partial charge in [0.15, 0.2) is 0 Å². The zero-order chi connectivity index (χ0) is 17.2. The van der Waals surface area contributed by atoms with Crippen LogP contribution in [0.15, 0.2) is 38.4 Å². The summed E-state index contributed by atoms with van der Waals surface area (Å²) in [6, 6.07) is 8.04. The molecule has 1 aliphatic carbocycles. The fourth-order valence-electron chi connectivity index (χ4n) is 3.25. The highest BCUT2D eigenvalue weighted by molar-refractivity contribution is 7.98. The molecule has 0 atom stereocenters. The van der Waals surface area contributed by atoms with E-state index >= 15 is 0 Å². The van der Waals surface area contributed by atoms with E-state index in [2.05, 4.69) is 11.2 Å². The Morgan fingerprint density at radius 3 is 2.92 bits per heavy atom. The number of hydrogen-bond acceptors (Lipinski definition) is 6. The second-order valence-electron chi connectivity index (χ2n) is 6.11. The topological polar surface area (TPSA) is 75.8 Å². The van der Waals surface area contributed by atoms with Crippen molar-refractivity contribution in [2.45, 2.75) is 43.4 Å². The number of aromatic nitrogens is 2. The molecule has 0 fully saturated rings. The zero-order valence-corrected chi connectivity index (χ0v) is 14.7. The first-order chi connectivity index (χ1) is 12.3. The molecule has 25 heavy (non-hydrogen) atoms. The summed E-state index contributed by atoms with van der Waals surface area (Å²) in [5, 5.41) is 14.6.